The third-order valence-electron chi connectivity index (χ3n) is 8.49. The Morgan fingerprint density at radius 1 is 0.896 bits per heavy atom. The van der Waals surface area contributed by atoms with E-state index in [4.69, 9.17) is 9.47 Å². The van der Waals surface area contributed by atoms with Crippen molar-refractivity contribution in [2.45, 2.75) is 40.2 Å². The van der Waals surface area contributed by atoms with Crippen LogP contribution < -0.4 is 22.2 Å². The number of hydrogen-bond acceptors (Lipinski definition) is 10. The minimum atomic E-state index is -1.48. The number of benzene rings is 2. The van der Waals surface area contributed by atoms with E-state index < -0.39 is 51.1 Å². The Balaban J connectivity index is 1.47. The van der Waals surface area contributed by atoms with Crippen LogP contribution in [0.2, 0.25) is 0 Å². The predicted octanol–water partition coefficient (Wildman–Crippen LogP) is 1.98. The van der Waals surface area contributed by atoms with Gasteiger partial charge in [-0.25, -0.2) is 9.59 Å². The maximum absolute atomic E-state index is 13.3. The molecule has 0 radical (unpaired) electrons. The van der Waals surface area contributed by atoms with Gasteiger partial charge in [-0.1, -0.05) is 20.8 Å². The Labute approximate surface area is 273 Å². The first-order valence-corrected chi connectivity index (χ1v) is 15.2. The van der Waals surface area contributed by atoms with Crippen LogP contribution >= 0.6 is 0 Å². The van der Waals surface area contributed by atoms with Gasteiger partial charge in [0.25, 0.3) is 28.1 Å². The lowest BCUT2D eigenvalue weighted by molar-refractivity contribution is 0.0381. The summed E-state index contributed by atoms with van der Waals surface area (Å²) < 4.78 is 11.9. The number of ether oxygens (including phenoxy) is 2. The van der Waals surface area contributed by atoms with Crippen LogP contribution in [0.5, 0.6) is 0 Å². The van der Waals surface area contributed by atoms with Crippen molar-refractivity contribution < 1.29 is 33.8 Å². The smallest absolute Gasteiger partial charge is 0.339 e. The molecule has 1 N–H and O–H groups in total. The number of aldehydes is 1. The number of amides is 1. The van der Waals surface area contributed by atoms with Crippen molar-refractivity contribution in [3.8, 4) is 0 Å². The number of hydrogen-bond donors (Lipinski definition) is 1. The van der Waals surface area contributed by atoms with Crippen LogP contribution in [-0.2, 0) is 23.1 Å². The zero-order valence-electron chi connectivity index (χ0n) is 27.6. The minimum Gasteiger partial charge on any atom is -0.478 e. The third kappa shape index (κ3) is 6.88. The molecule has 0 aliphatic carbocycles. The molecule has 4 rings (SSSR count). The number of carbonyl (C=O) groups excluding carboxylic acids is 3. The number of methoxy groups -OCH3 is 1. The topological polar surface area (TPSA) is 188 Å². The molecule has 0 aliphatic heterocycles. The lowest BCUT2D eigenvalue weighted by Gasteiger charge is -2.29. The van der Waals surface area contributed by atoms with Crippen LogP contribution in [0.15, 0.2) is 43.4 Å². The number of carboxylic acid groups (broad SMARTS) is 1. The number of esters is 1. The number of fused-ring (bicyclic) bond motifs is 2. The quantitative estimate of drug-likeness (QED) is 0.118. The van der Waals surface area contributed by atoms with Crippen LogP contribution in [0.25, 0.3) is 21.5 Å². The Kier molecular flexibility index (Phi) is 10.3. The summed E-state index contributed by atoms with van der Waals surface area (Å²) in [7, 11) is 4.24. The lowest BCUT2D eigenvalue weighted by Crippen LogP contribution is -2.34. The molecule has 0 fully saturated rings. The van der Waals surface area contributed by atoms with Gasteiger partial charge in [-0.15, -0.1) is 0 Å². The first-order valence-electron chi connectivity index (χ1n) is 15.2. The molecule has 14 heteroatoms. The summed E-state index contributed by atoms with van der Waals surface area (Å²) in [6.07, 6.45) is 1.40. The molecule has 48 heavy (non-hydrogen) atoms. The summed E-state index contributed by atoms with van der Waals surface area (Å²) in [5, 5.41) is 10.1. The zero-order chi connectivity index (χ0) is 35.7. The van der Waals surface area contributed by atoms with Crippen molar-refractivity contribution in [1.29, 1.82) is 0 Å². The Hall–Kier alpha value is -5.24. The Bertz CT molecular complexity index is 2070. The molecular formula is C34H37N3O11. The standard InChI is InChI=1S/C34H37N3O11/c1-18(7-8-35(4)27(39)20-12-25(32(44)45)26(11-19(20)16-38)33(46)48-10-9-47-6)15-34(2,3)17-37-30(42)23-13-21-22(14-24(23)31(37)43)29(41)36(5)28(21)40/h11-14,16,18H,7-10,15,17H2,1-6H3,(H,44,45). The van der Waals surface area contributed by atoms with Crippen molar-refractivity contribution in [1.82, 2.24) is 14.0 Å². The highest BCUT2D eigenvalue weighted by Gasteiger charge is 2.28. The molecule has 1 unspecified atom stereocenters. The van der Waals surface area contributed by atoms with E-state index in [0.717, 1.165) is 21.3 Å². The minimum absolute atomic E-state index is 0.00983. The van der Waals surface area contributed by atoms with Gasteiger partial charge in [-0.05, 0) is 48.4 Å². The highest BCUT2D eigenvalue weighted by molar-refractivity contribution is 6.09. The maximum atomic E-state index is 13.3. The average Bonchev–Trinajstić information content (AvgIpc) is 3.39. The molecule has 0 saturated carbocycles. The van der Waals surface area contributed by atoms with Crippen molar-refractivity contribution in [3.63, 3.8) is 0 Å². The van der Waals surface area contributed by atoms with E-state index >= 15 is 0 Å². The maximum Gasteiger partial charge on any atom is 0.339 e. The summed E-state index contributed by atoms with van der Waals surface area (Å²) in [6.45, 7) is 6.00. The fraction of sp³-hybridized carbons (Fsp3) is 0.412. The molecule has 254 valence electrons. The number of aromatic nitrogens is 2. The van der Waals surface area contributed by atoms with E-state index in [0.29, 0.717) is 19.1 Å². The largest absolute Gasteiger partial charge is 0.478 e. The number of aromatic carboxylic acids is 1. The first kappa shape index (κ1) is 35.6. The Morgan fingerprint density at radius 3 is 1.98 bits per heavy atom. The zero-order valence-corrected chi connectivity index (χ0v) is 27.6. The SMILES string of the molecule is COCCOC(=O)c1cc(C=O)c(C(=O)N(C)CCC(C)CC(C)(C)Cn2c(=O)c3cc4c(=O)n(C)c(=O)c4cc3c2=O)cc1C(=O)O. The summed E-state index contributed by atoms with van der Waals surface area (Å²) in [6, 6.07) is 4.65. The fourth-order valence-electron chi connectivity index (χ4n) is 6.09. The number of rotatable bonds is 14. The molecule has 4 aromatic rings. The molecule has 14 nitrogen and oxygen atoms in total. The number of nitrogens with zero attached hydrogens (tertiary/aromatic N) is 3. The lowest BCUT2D eigenvalue weighted by atomic mass is 9.82. The molecule has 0 spiro atoms. The molecule has 2 heterocycles. The van der Waals surface area contributed by atoms with Gasteiger partial charge in [0.1, 0.15) is 6.61 Å². The number of carbonyl (C=O) groups is 4. The summed E-state index contributed by atoms with van der Waals surface area (Å²) >= 11 is 0. The van der Waals surface area contributed by atoms with E-state index in [1.807, 2.05) is 20.8 Å². The van der Waals surface area contributed by atoms with Crippen LogP contribution in [0, 0.1) is 11.3 Å². The van der Waals surface area contributed by atoms with Crippen molar-refractivity contribution >= 4 is 45.7 Å². The van der Waals surface area contributed by atoms with Crippen molar-refractivity contribution in [3.05, 3.63) is 87.9 Å². The molecule has 2 aromatic heterocycles. The van der Waals surface area contributed by atoms with Gasteiger partial charge in [0.15, 0.2) is 6.29 Å². The fourth-order valence-corrected chi connectivity index (χ4v) is 6.09. The highest BCUT2D eigenvalue weighted by Crippen LogP contribution is 2.29. The normalized spacial score (nSPS) is 12.4. The van der Waals surface area contributed by atoms with Crippen molar-refractivity contribution in [2.24, 2.45) is 18.4 Å². The molecule has 1 atom stereocenters. The van der Waals surface area contributed by atoms with Crippen LogP contribution in [-0.4, -0.2) is 77.2 Å². The van der Waals surface area contributed by atoms with Gasteiger partial charge in [-0.3, -0.25) is 37.9 Å². The van der Waals surface area contributed by atoms with E-state index in [1.54, 1.807) is 0 Å². The second-order valence-electron chi connectivity index (χ2n) is 12.8. The van der Waals surface area contributed by atoms with E-state index in [-0.39, 0.29) is 70.5 Å². The third-order valence-corrected chi connectivity index (χ3v) is 8.49. The van der Waals surface area contributed by atoms with Gasteiger partial charge in [-0.2, -0.15) is 0 Å². The van der Waals surface area contributed by atoms with Gasteiger partial charge < -0.3 is 19.5 Å². The molecule has 2 aromatic carbocycles. The predicted molar refractivity (Wildman–Crippen MR) is 176 cm³/mol. The van der Waals surface area contributed by atoms with Gasteiger partial charge in [0.05, 0.1) is 44.8 Å². The van der Waals surface area contributed by atoms with Gasteiger partial charge in [0.2, 0.25) is 0 Å². The molecular weight excluding hydrogens is 626 g/mol. The molecule has 0 bridgehead atoms. The van der Waals surface area contributed by atoms with Crippen LogP contribution in [0.4, 0.5) is 0 Å². The molecule has 0 saturated heterocycles. The molecule has 1 amide bonds. The van der Waals surface area contributed by atoms with E-state index in [2.05, 4.69) is 0 Å². The average molecular weight is 664 g/mol. The number of carboxylic acids is 1. The highest BCUT2D eigenvalue weighted by atomic mass is 16.6. The van der Waals surface area contributed by atoms with Crippen molar-refractivity contribution in [2.75, 3.05) is 33.9 Å². The van der Waals surface area contributed by atoms with Crippen LogP contribution in [0.1, 0.15) is 75.0 Å². The van der Waals surface area contributed by atoms with E-state index in [1.165, 1.54) is 38.2 Å². The Morgan fingerprint density at radius 2 is 1.46 bits per heavy atom. The second-order valence-corrected chi connectivity index (χ2v) is 12.8. The van der Waals surface area contributed by atoms with E-state index in [9.17, 15) is 43.5 Å². The molecule has 0 aliphatic rings. The summed E-state index contributed by atoms with van der Waals surface area (Å²) in [4.78, 5) is 102. The first-order chi connectivity index (χ1) is 22.5. The monoisotopic (exact) mass is 663 g/mol. The second kappa shape index (κ2) is 13.9. The summed E-state index contributed by atoms with van der Waals surface area (Å²) in [5.74, 6) is -3.08. The van der Waals surface area contributed by atoms with Crippen LogP contribution in [0.3, 0.4) is 0 Å². The van der Waals surface area contributed by atoms with Gasteiger partial charge in [0, 0.05) is 39.9 Å². The summed E-state index contributed by atoms with van der Waals surface area (Å²) in [5.41, 5.74) is -3.92. The van der Waals surface area contributed by atoms with Gasteiger partial charge >= 0.3 is 11.9 Å².